The molecule has 2 amide bonds. The normalized spacial score (nSPS) is 14.8. The van der Waals surface area contributed by atoms with Gasteiger partial charge in [-0.15, -0.1) is 11.8 Å². The van der Waals surface area contributed by atoms with Gasteiger partial charge in [-0.25, -0.2) is 0 Å². The Morgan fingerprint density at radius 2 is 1.65 bits per heavy atom. The van der Waals surface area contributed by atoms with E-state index in [1.165, 1.54) is 11.8 Å². The third-order valence-corrected chi connectivity index (χ3v) is 5.98. The molecule has 1 atom stereocenters. The number of carbonyl (C=O) groups excluding carboxylic acids is 3. The fraction of sp³-hybridized carbons (Fsp3) is 0.125. The van der Waals surface area contributed by atoms with Gasteiger partial charge in [-0.1, -0.05) is 42.5 Å². The Bertz CT molecular complexity index is 1100. The molecule has 1 unspecified atom stereocenters. The predicted molar refractivity (Wildman–Crippen MR) is 120 cm³/mol. The van der Waals surface area contributed by atoms with Gasteiger partial charge in [-0.3, -0.25) is 14.4 Å². The van der Waals surface area contributed by atoms with Gasteiger partial charge in [-0.2, -0.15) is 0 Å². The van der Waals surface area contributed by atoms with Crippen molar-refractivity contribution in [3.63, 3.8) is 0 Å². The van der Waals surface area contributed by atoms with Crippen molar-refractivity contribution in [1.29, 1.82) is 0 Å². The zero-order valence-electron chi connectivity index (χ0n) is 16.5. The summed E-state index contributed by atoms with van der Waals surface area (Å²) in [6.45, 7) is 0.0784. The molecule has 0 bridgehead atoms. The molecule has 156 valence electrons. The molecule has 0 saturated carbocycles. The number of rotatable bonds is 6. The van der Waals surface area contributed by atoms with Crippen LogP contribution in [0, 0.1) is 0 Å². The standard InChI is InChI=1S/C24H20N2O4S/c27-22(14-21-24(29)26-19-8-4-5-9-20(19)31-21)30-15-16-10-12-17(13-11-16)23(28)25-18-6-2-1-3-7-18/h1-13,21H,14-15H2,(H,25,28)(H,26,29). The molecule has 2 N–H and O–H groups in total. The van der Waals surface area contributed by atoms with E-state index in [0.29, 0.717) is 5.56 Å². The van der Waals surface area contributed by atoms with Gasteiger partial charge < -0.3 is 15.4 Å². The molecule has 3 aromatic rings. The number of para-hydroxylation sites is 2. The maximum Gasteiger partial charge on any atom is 0.307 e. The summed E-state index contributed by atoms with van der Waals surface area (Å²) >= 11 is 1.36. The molecule has 0 aliphatic carbocycles. The summed E-state index contributed by atoms with van der Waals surface area (Å²) in [5.74, 6) is -0.859. The van der Waals surface area contributed by atoms with Crippen LogP contribution >= 0.6 is 11.8 Å². The van der Waals surface area contributed by atoms with E-state index >= 15 is 0 Å². The first-order valence-electron chi connectivity index (χ1n) is 9.76. The molecule has 4 rings (SSSR count). The molecular weight excluding hydrogens is 412 g/mol. The van der Waals surface area contributed by atoms with Crippen molar-refractivity contribution < 1.29 is 19.1 Å². The molecule has 0 aromatic heterocycles. The Morgan fingerprint density at radius 3 is 2.42 bits per heavy atom. The predicted octanol–water partition coefficient (Wildman–Crippen LogP) is 4.49. The van der Waals surface area contributed by atoms with Crippen molar-refractivity contribution in [3.8, 4) is 0 Å². The number of carbonyl (C=O) groups is 3. The number of ether oxygens (including phenoxy) is 1. The summed E-state index contributed by atoms with van der Waals surface area (Å²) in [4.78, 5) is 37.7. The quantitative estimate of drug-likeness (QED) is 0.561. The summed E-state index contributed by atoms with van der Waals surface area (Å²) in [7, 11) is 0. The zero-order valence-corrected chi connectivity index (χ0v) is 17.4. The van der Waals surface area contributed by atoms with Gasteiger partial charge in [0.05, 0.1) is 17.4 Å². The van der Waals surface area contributed by atoms with Crippen LogP contribution in [0.5, 0.6) is 0 Å². The van der Waals surface area contributed by atoms with E-state index in [-0.39, 0.29) is 24.8 Å². The van der Waals surface area contributed by atoms with Crippen molar-refractivity contribution in [1.82, 2.24) is 0 Å². The van der Waals surface area contributed by atoms with Crippen molar-refractivity contribution in [2.45, 2.75) is 23.2 Å². The first-order valence-corrected chi connectivity index (χ1v) is 10.6. The minimum atomic E-state index is -0.522. The van der Waals surface area contributed by atoms with Gasteiger partial charge in [0.15, 0.2) is 0 Å². The van der Waals surface area contributed by atoms with E-state index in [9.17, 15) is 14.4 Å². The number of benzene rings is 3. The number of thioether (sulfide) groups is 1. The fourth-order valence-electron chi connectivity index (χ4n) is 3.08. The SMILES string of the molecule is O=C(CC1Sc2ccccc2NC1=O)OCc1ccc(C(=O)Nc2ccccc2)cc1. The number of nitrogens with one attached hydrogen (secondary N) is 2. The molecular formula is C24H20N2O4S. The van der Waals surface area contributed by atoms with E-state index < -0.39 is 11.2 Å². The van der Waals surface area contributed by atoms with Gasteiger partial charge in [0.2, 0.25) is 5.91 Å². The topological polar surface area (TPSA) is 84.5 Å². The lowest BCUT2D eigenvalue weighted by Gasteiger charge is -2.23. The van der Waals surface area contributed by atoms with E-state index in [1.54, 1.807) is 24.3 Å². The third kappa shape index (κ3) is 5.32. The summed E-state index contributed by atoms with van der Waals surface area (Å²) in [6, 6.07) is 23.5. The van der Waals surface area contributed by atoms with Crippen LogP contribution in [0.25, 0.3) is 0 Å². The highest BCUT2D eigenvalue weighted by Gasteiger charge is 2.29. The van der Waals surface area contributed by atoms with Crippen molar-refractivity contribution in [2.75, 3.05) is 10.6 Å². The lowest BCUT2D eigenvalue weighted by atomic mass is 10.1. The fourth-order valence-corrected chi connectivity index (χ4v) is 4.17. The highest BCUT2D eigenvalue weighted by atomic mass is 32.2. The van der Waals surface area contributed by atoms with Crippen LogP contribution in [0.4, 0.5) is 11.4 Å². The van der Waals surface area contributed by atoms with Gasteiger partial charge in [-0.05, 0) is 42.0 Å². The van der Waals surface area contributed by atoms with Crippen molar-refractivity contribution >= 4 is 40.9 Å². The van der Waals surface area contributed by atoms with E-state index in [1.807, 2.05) is 54.6 Å². The molecule has 3 aromatic carbocycles. The molecule has 0 spiro atoms. The third-order valence-electron chi connectivity index (χ3n) is 4.71. The second-order valence-electron chi connectivity index (χ2n) is 6.97. The van der Waals surface area contributed by atoms with E-state index in [0.717, 1.165) is 21.8 Å². The minimum Gasteiger partial charge on any atom is -0.461 e. The van der Waals surface area contributed by atoms with Gasteiger partial charge in [0.25, 0.3) is 5.91 Å². The molecule has 0 saturated heterocycles. The number of fused-ring (bicyclic) bond motifs is 1. The van der Waals surface area contributed by atoms with Crippen molar-refractivity contribution in [2.24, 2.45) is 0 Å². The van der Waals surface area contributed by atoms with Crippen LogP contribution in [0.2, 0.25) is 0 Å². The number of hydrogen-bond acceptors (Lipinski definition) is 5. The second-order valence-corrected chi connectivity index (χ2v) is 8.22. The largest absolute Gasteiger partial charge is 0.461 e. The van der Waals surface area contributed by atoms with Crippen molar-refractivity contribution in [3.05, 3.63) is 90.0 Å². The molecule has 6 nitrogen and oxygen atoms in total. The molecule has 0 radical (unpaired) electrons. The van der Waals surface area contributed by atoms with E-state index in [4.69, 9.17) is 4.74 Å². The highest BCUT2D eigenvalue weighted by molar-refractivity contribution is 8.01. The highest BCUT2D eigenvalue weighted by Crippen LogP contribution is 2.36. The lowest BCUT2D eigenvalue weighted by molar-refractivity contribution is -0.145. The van der Waals surface area contributed by atoms with Crippen LogP contribution in [0.3, 0.4) is 0 Å². The Kier molecular flexibility index (Phi) is 6.33. The average molecular weight is 433 g/mol. The van der Waals surface area contributed by atoms with Gasteiger partial charge in [0.1, 0.15) is 6.61 Å². The van der Waals surface area contributed by atoms with Gasteiger partial charge in [0, 0.05) is 16.1 Å². The second kappa shape index (κ2) is 9.49. The summed E-state index contributed by atoms with van der Waals surface area (Å²) < 4.78 is 5.33. The van der Waals surface area contributed by atoms with Gasteiger partial charge >= 0.3 is 5.97 Å². The number of anilines is 2. The molecule has 1 heterocycles. The minimum absolute atomic E-state index is 0.0115. The maximum absolute atomic E-state index is 12.3. The molecule has 1 aliphatic rings. The Balaban J connectivity index is 1.28. The van der Waals surface area contributed by atoms with Crippen LogP contribution < -0.4 is 10.6 Å². The Labute approximate surface area is 184 Å². The summed E-state index contributed by atoms with van der Waals surface area (Å²) in [5, 5.41) is 5.12. The molecule has 31 heavy (non-hydrogen) atoms. The molecule has 7 heteroatoms. The monoisotopic (exact) mass is 432 g/mol. The first-order chi connectivity index (χ1) is 15.1. The van der Waals surface area contributed by atoms with Crippen LogP contribution in [0.1, 0.15) is 22.3 Å². The molecule has 0 fully saturated rings. The number of hydrogen-bond donors (Lipinski definition) is 2. The van der Waals surface area contributed by atoms with Crippen LogP contribution in [0.15, 0.2) is 83.8 Å². The smallest absolute Gasteiger partial charge is 0.307 e. The lowest BCUT2D eigenvalue weighted by Crippen LogP contribution is -2.31. The Morgan fingerprint density at radius 1 is 0.935 bits per heavy atom. The average Bonchev–Trinajstić information content (AvgIpc) is 2.79. The number of amides is 2. The maximum atomic E-state index is 12.3. The summed E-state index contributed by atoms with van der Waals surface area (Å²) in [5.41, 5.74) is 2.75. The Hall–Kier alpha value is -3.58. The molecule has 1 aliphatic heterocycles. The van der Waals surface area contributed by atoms with Crippen LogP contribution in [-0.4, -0.2) is 23.0 Å². The zero-order chi connectivity index (χ0) is 21.6. The van der Waals surface area contributed by atoms with Crippen LogP contribution in [-0.2, 0) is 20.9 Å². The summed E-state index contributed by atoms with van der Waals surface area (Å²) in [6.07, 6.45) is -0.0115. The number of esters is 1. The van der Waals surface area contributed by atoms with E-state index in [2.05, 4.69) is 10.6 Å². The first kappa shape index (κ1) is 20.7.